The number of anilines is 1. The fraction of sp³-hybridized carbons (Fsp3) is 0.458. The third-order valence-corrected chi connectivity index (χ3v) is 7.17. The SMILES string of the molecule is COCCN1CCN(C[C@H]2CCN(c3ccc(Cl)cc3)C2=O)CC1.O=S(=O)(O)c1ccccc1. The Morgan fingerprint density at radius 1 is 0.971 bits per heavy atom. The van der Waals surface area contributed by atoms with Crippen molar-refractivity contribution >= 4 is 33.3 Å². The van der Waals surface area contributed by atoms with E-state index in [2.05, 4.69) is 9.80 Å². The van der Waals surface area contributed by atoms with E-state index in [4.69, 9.17) is 20.9 Å². The molecule has 2 heterocycles. The number of carbonyl (C=O) groups excluding carboxylic acids is 1. The summed E-state index contributed by atoms with van der Waals surface area (Å²) >= 11 is 5.93. The summed E-state index contributed by atoms with van der Waals surface area (Å²) in [6, 6.07) is 15.0. The Labute approximate surface area is 206 Å². The van der Waals surface area contributed by atoms with Gasteiger partial charge in [0.15, 0.2) is 0 Å². The normalized spacial score (nSPS) is 19.7. The van der Waals surface area contributed by atoms with Crippen LogP contribution in [-0.4, -0.2) is 88.2 Å². The molecule has 186 valence electrons. The molecule has 2 aromatic carbocycles. The maximum Gasteiger partial charge on any atom is 0.294 e. The first-order valence-electron chi connectivity index (χ1n) is 11.3. The lowest BCUT2D eigenvalue weighted by Gasteiger charge is -2.35. The highest BCUT2D eigenvalue weighted by molar-refractivity contribution is 7.85. The van der Waals surface area contributed by atoms with Crippen molar-refractivity contribution in [1.29, 1.82) is 0 Å². The van der Waals surface area contributed by atoms with Crippen molar-refractivity contribution in [3.05, 3.63) is 59.6 Å². The number of carbonyl (C=O) groups is 1. The zero-order chi connectivity index (χ0) is 24.6. The largest absolute Gasteiger partial charge is 0.383 e. The number of rotatable bonds is 7. The molecular weight excluding hydrogens is 478 g/mol. The van der Waals surface area contributed by atoms with E-state index in [0.717, 1.165) is 64.5 Å². The molecule has 10 heteroatoms. The molecule has 2 saturated heterocycles. The van der Waals surface area contributed by atoms with E-state index in [9.17, 15) is 13.2 Å². The average molecular weight is 510 g/mol. The predicted octanol–water partition coefficient (Wildman–Crippen LogP) is 2.89. The molecule has 0 unspecified atom stereocenters. The predicted molar refractivity (Wildman–Crippen MR) is 133 cm³/mol. The van der Waals surface area contributed by atoms with Crippen LogP contribution in [-0.2, 0) is 19.6 Å². The molecule has 4 rings (SSSR count). The van der Waals surface area contributed by atoms with Gasteiger partial charge in [-0.25, -0.2) is 0 Å². The van der Waals surface area contributed by atoms with Gasteiger partial charge in [-0.3, -0.25) is 14.2 Å². The number of nitrogens with zero attached hydrogens (tertiary/aromatic N) is 3. The minimum absolute atomic E-state index is 0.0741. The van der Waals surface area contributed by atoms with Crippen molar-refractivity contribution in [3.63, 3.8) is 0 Å². The van der Waals surface area contributed by atoms with Crippen LogP contribution in [0.5, 0.6) is 0 Å². The van der Waals surface area contributed by atoms with Crippen LogP contribution in [0.4, 0.5) is 5.69 Å². The molecule has 34 heavy (non-hydrogen) atoms. The Bertz CT molecular complexity index is 1010. The Morgan fingerprint density at radius 2 is 1.59 bits per heavy atom. The maximum absolute atomic E-state index is 12.7. The molecule has 1 N–H and O–H groups in total. The topological polar surface area (TPSA) is 90.4 Å². The van der Waals surface area contributed by atoms with E-state index in [1.807, 2.05) is 29.2 Å². The number of benzene rings is 2. The Kier molecular flexibility index (Phi) is 9.87. The Morgan fingerprint density at radius 3 is 2.15 bits per heavy atom. The van der Waals surface area contributed by atoms with Crippen LogP contribution in [0.15, 0.2) is 59.5 Å². The number of methoxy groups -OCH3 is 1. The highest BCUT2D eigenvalue weighted by Crippen LogP contribution is 2.27. The first-order chi connectivity index (χ1) is 16.3. The molecule has 0 aliphatic carbocycles. The van der Waals surface area contributed by atoms with E-state index in [0.29, 0.717) is 5.02 Å². The molecule has 0 bridgehead atoms. The summed E-state index contributed by atoms with van der Waals surface area (Å²) in [7, 11) is -2.26. The third-order valence-electron chi connectivity index (χ3n) is 6.05. The lowest BCUT2D eigenvalue weighted by Crippen LogP contribution is -2.49. The molecule has 0 saturated carbocycles. The van der Waals surface area contributed by atoms with Gasteiger partial charge in [-0.15, -0.1) is 0 Å². The number of hydrogen-bond donors (Lipinski definition) is 1. The molecule has 0 radical (unpaired) electrons. The molecule has 2 aromatic rings. The highest BCUT2D eigenvalue weighted by atomic mass is 35.5. The quantitative estimate of drug-likeness (QED) is 0.574. The van der Waals surface area contributed by atoms with Gasteiger partial charge < -0.3 is 14.5 Å². The zero-order valence-electron chi connectivity index (χ0n) is 19.3. The van der Waals surface area contributed by atoms with E-state index >= 15 is 0 Å². The average Bonchev–Trinajstić information content (AvgIpc) is 3.19. The van der Waals surface area contributed by atoms with Gasteiger partial charge in [0, 0.05) is 63.6 Å². The summed E-state index contributed by atoms with van der Waals surface area (Å²) in [5, 5.41) is 0.702. The second-order valence-electron chi connectivity index (χ2n) is 8.38. The van der Waals surface area contributed by atoms with Gasteiger partial charge in [0.1, 0.15) is 0 Å². The minimum Gasteiger partial charge on any atom is -0.383 e. The van der Waals surface area contributed by atoms with E-state index < -0.39 is 10.1 Å². The molecule has 1 amide bonds. The second kappa shape index (κ2) is 12.6. The summed E-state index contributed by atoms with van der Waals surface area (Å²) in [6.45, 7) is 7.66. The van der Waals surface area contributed by atoms with Crippen molar-refractivity contribution in [2.75, 3.05) is 64.4 Å². The second-order valence-corrected chi connectivity index (χ2v) is 10.2. The van der Waals surface area contributed by atoms with Crippen molar-refractivity contribution in [2.45, 2.75) is 11.3 Å². The summed E-state index contributed by atoms with van der Waals surface area (Å²) in [6.07, 6.45) is 0.936. The number of ether oxygens (including phenoxy) is 1. The summed E-state index contributed by atoms with van der Waals surface area (Å²) in [4.78, 5) is 19.4. The zero-order valence-corrected chi connectivity index (χ0v) is 20.9. The van der Waals surface area contributed by atoms with Crippen LogP contribution in [0.1, 0.15) is 6.42 Å². The smallest absolute Gasteiger partial charge is 0.294 e. The number of hydrogen-bond acceptors (Lipinski definition) is 6. The maximum atomic E-state index is 12.7. The third kappa shape index (κ3) is 7.76. The van der Waals surface area contributed by atoms with E-state index in [-0.39, 0.29) is 16.7 Å². The monoisotopic (exact) mass is 509 g/mol. The lowest BCUT2D eigenvalue weighted by molar-refractivity contribution is -0.121. The molecule has 2 fully saturated rings. The molecule has 0 aromatic heterocycles. The Hall–Kier alpha value is -2.01. The minimum atomic E-state index is -4.00. The lowest BCUT2D eigenvalue weighted by atomic mass is 10.1. The molecule has 0 spiro atoms. The molecule has 2 aliphatic rings. The van der Waals surface area contributed by atoms with Gasteiger partial charge in [-0.2, -0.15) is 8.42 Å². The van der Waals surface area contributed by atoms with Crippen molar-refractivity contribution in [3.8, 4) is 0 Å². The van der Waals surface area contributed by atoms with Gasteiger partial charge in [0.25, 0.3) is 10.1 Å². The fourth-order valence-electron chi connectivity index (χ4n) is 4.11. The molecule has 1 atom stereocenters. The van der Waals surface area contributed by atoms with Crippen LogP contribution in [0.3, 0.4) is 0 Å². The number of piperazine rings is 1. The van der Waals surface area contributed by atoms with Crippen molar-refractivity contribution in [2.24, 2.45) is 5.92 Å². The molecule has 8 nitrogen and oxygen atoms in total. The summed E-state index contributed by atoms with van der Waals surface area (Å²) in [5.41, 5.74) is 0.955. The Balaban J connectivity index is 0.000000271. The summed E-state index contributed by atoms with van der Waals surface area (Å²) < 4.78 is 34.4. The van der Waals surface area contributed by atoms with Crippen LogP contribution in [0, 0.1) is 5.92 Å². The summed E-state index contributed by atoms with van der Waals surface area (Å²) in [5.74, 6) is 0.366. The number of amides is 1. The standard InChI is InChI=1S/C18H26ClN3O2.C6H6O3S/c1-24-13-12-20-8-10-21(11-9-20)14-15-6-7-22(18(15)23)17-4-2-16(19)3-5-17;7-10(8,9)6-4-2-1-3-5-6/h2-5,15H,6-14H2,1H3;1-5H,(H,7,8,9)/t15-;/m1./s1. The van der Waals surface area contributed by atoms with Gasteiger partial charge in [0.05, 0.1) is 17.4 Å². The van der Waals surface area contributed by atoms with E-state index in [1.54, 1.807) is 25.3 Å². The van der Waals surface area contributed by atoms with Crippen LogP contribution in [0.25, 0.3) is 0 Å². The molecular formula is C24H32ClN3O5S. The van der Waals surface area contributed by atoms with Crippen LogP contribution < -0.4 is 4.90 Å². The van der Waals surface area contributed by atoms with Gasteiger partial charge >= 0.3 is 0 Å². The van der Waals surface area contributed by atoms with Crippen LogP contribution >= 0.6 is 11.6 Å². The van der Waals surface area contributed by atoms with Crippen molar-refractivity contribution < 1.29 is 22.5 Å². The molecule has 2 aliphatic heterocycles. The van der Waals surface area contributed by atoms with E-state index in [1.165, 1.54) is 12.1 Å². The van der Waals surface area contributed by atoms with Gasteiger partial charge in [0.2, 0.25) is 5.91 Å². The highest BCUT2D eigenvalue weighted by Gasteiger charge is 2.34. The van der Waals surface area contributed by atoms with Gasteiger partial charge in [-0.05, 0) is 42.8 Å². The fourth-order valence-corrected chi connectivity index (χ4v) is 4.73. The van der Waals surface area contributed by atoms with Crippen molar-refractivity contribution in [1.82, 2.24) is 9.80 Å². The van der Waals surface area contributed by atoms with Crippen LogP contribution in [0.2, 0.25) is 5.02 Å². The number of halogens is 1. The first kappa shape index (κ1) is 26.6. The first-order valence-corrected chi connectivity index (χ1v) is 13.1. The van der Waals surface area contributed by atoms with Gasteiger partial charge in [-0.1, -0.05) is 29.8 Å².